The van der Waals surface area contributed by atoms with Gasteiger partial charge < -0.3 is 5.32 Å². The van der Waals surface area contributed by atoms with Gasteiger partial charge in [-0.25, -0.2) is 0 Å². The SMILES string of the molecule is CCCCCCC(NCCC)C1(C)CCCS1. The highest BCUT2D eigenvalue weighted by atomic mass is 32.2. The molecular formula is C15H31NS. The van der Waals surface area contributed by atoms with Crippen LogP contribution in [0.15, 0.2) is 0 Å². The van der Waals surface area contributed by atoms with Crippen LogP contribution in [0.5, 0.6) is 0 Å². The molecule has 0 amide bonds. The largest absolute Gasteiger partial charge is 0.313 e. The van der Waals surface area contributed by atoms with E-state index in [9.17, 15) is 0 Å². The molecule has 17 heavy (non-hydrogen) atoms. The fourth-order valence-electron chi connectivity index (χ4n) is 2.79. The fourth-order valence-corrected chi connectivity index (χ4v) is 4.24. The summed E-state index contributed by atoms with van der Waals surface area (Å²) >= 11 is 2.20. The Morgan fingerprint density at radius 3 is 2.59 bits per heavy atom. The van der Waals surface area contributed by atoms with Crippen LogP contribution in [0.4, 0.5) is 0 Å². The van der Waals surface area contributed by atoms with Crippen LogP contribution in [0.3, 0.4) is 0 Å². The third-order valence-corrected chi connectivity index (χ3v) is 5.61. The second-order valence-corrected chi connectivity index (χ2v) is 7.25. The minimum atomic E-state index is 0.515. The van der Waals surface area contributed by atoms with Gasteiger partial charge in [0.2, 0.25) is 0 Å². The quantitative estimate of drug-likeness (QED) is 0.605. The third-order valence-electron chi connectivity index (χ3n) is 3.97. The summed E-state index contributed by atoms with van der Waals surface area (Å²) in [6.45, 7) is 8.23. The van der Waals surface area contributed by atoms with Gasteiger partial charge in [0.15, 0.2) is 0 Å². The normalized spacial score (nSPS) is 26.3. The summed E-state index contributed by atoms with van der Waals surface area (Å²) in [6, 6.07) is 0.742. The van der Waals surface area contributed by atoms with Crippen LogP contribution in [0.2, 0.25) is 0 Å². The average Bonchev–Trinajstić information content (AvgIpc) is 2.76. The number of unbranched alkanes of at least 4 members (excludes halogenated alkanes) is 3. The number of hydrogen-bond donors (Lipinski definition) is 1. The Bertz CT molecular complexity index is 187. The highest BCUT2D eigenvalue weighted by Gasteiger charge is 2.36. The van der Waals surface area contributed by atoms with Crippen molar-refractivity contribution >= 4 is 11.8 Å². The van der Waals surface area contributed by atoms with Crippen molar-refractivity contribution in [1.82, 2.24) is 5.32 Å². The maximum Gasteiger partial charge on any atom is 0.0285 e. The molecule has 0 saturated carbocycles. The smallest absolute Gasteiger partial charge is 0.0285 e. The Hall–Kier alpha value is 0.310. The summed E-state index contributed by atoms with van der Waals surface area (Å²) in [5.41, 5.74) is 0. The molecule has 1 fully saturated rings. The number of thioether (sulfide) groups is 1. The molecule has 2 unspecified atom stereocenters. The van der Waals surface area contributed by atoms with E-state index in [-0.39, 0.29) is 0 Å². The fraction of sp³-hybridized carbons (Fsp3) is 1.00. The lowest BCUT2D eigenvalue weighted by molar-refractivity contribution is 0.368. The van der Waals surface area contributed by atoms with Crippen molar-refractivity contribution in [2.45, 2.75) is 82.9 Å². The van der Waals surface area contributed by atoms with Gasteiger partial charge in [0, 0.05) is 10.8 Å². The highest BCUT2D eigenvalue weighted by molar-refractivity contribution is 8.00. The summed E-state index contributed by atoms with van der Waals surface area (Å²) in [5.74, 6) is 1.37. The van der Waals surface area contributed by atoms with E-state index in [4.69, 9.17) is 0 Å². The van der Waals surface area contributed by atoms with Crippen LogP contribution in [0.1, 0.15) is 72.1 Å². The maximum atomic E-state index is 3.81. The Labute approximate surface area is 113 Å². The molecule has 2 heteroatoms. The minimum absolute atomic E-state index is 0.515. The van der Waals surface area contributed by atoms with Gasteiger partial charge in [-0.2, -0.15) is 11.8 Å². The highest BCUT2D eigenvalue weighted by Crippen LogP contribution is 2.41. The van der Waals surface area contributed by atoms with Gasteiger partial charge in [0.05, 0.1) is 0 Å². The lowest BCUT2D eigenvalue weighted by Crippen LogP contribution is -2.45. The molecule has 102 valence electrons. The van der Waals surface area contributed by atoms with E-state index in [0.29, 0.717) is 4.75 Å². The van der Waals surface area contributed by atoms with Gasteiger partial charge in [-0.15, -0.1) is 0 Å². The van der Waals surface area contributed by atoms with Crippen LogP contribution in [0, 0.1) is 0 Å². The summed E-state index contributed by atoms with van der Waals surface area (Å²) < 4.78 is 0.515. The van der Waals surface area contributed by atoms with Gasteiger partial charge in [0.25, 0.3) is 0 Å². The first-order chi connectivity index (χ1) is 8.23. The van der Waals surface area contributed by atoms with Crippen molar-refractivity contribution < 1.29 is 0 Å². The predicted octanol–water partition coefficient (Wildman–Crippen LogP) is 4.61. The Kier molecular flexibility index (Phi) is 7.61. The molecule has 0 aliphatic carbocycles. The van der Waals surface area contributed by atoms with Crippen molar-refractivity contribution in [3.63, 3.8) is 0 Å². The molecule has 0 aromatic rings. The van der Waals surface area contributed by atoms with Gasteiger partial charge in [-0.05, 0) is 44.9 Å². The first-order valence-corrected chi connectivity index (χ1v) is 8.59. The molecule has 0 aromatic carbocycles. The zero-order valence-corrected chi connectivity index (χ0v) is 12.9. The van der Waals surface area contributed by atoms with E-state index >= 15 is 0 Å². The number of hydrogen-bond acceptors (Lipinski definition) is 2. The van der Waals surface area contributed by atoms with Crippen LogP contribution >= 0.6 is 11.8 Å². The Morgan fingerprint density at radius 1 is 1.18 bits per heavy atom. The molecule has 1 nitrogen and oxygen atoms in total. The van der Waals surface area contributed by atoms with Crippen molar-refractivity contribution in [3.05, 3.63) is 0 Å². The third kappa shape index (κ3) is 5.21. The molecule has 2 atom stereocenters. The lowest BCUT2D eigenvalue weighted by Gasteiger charge is -2.34. The van der Waals surface area contributed by atoms with Gasteiger partial charge in [-0.3, -0.25) is 0 Å². The molecule has 1 saturated heterocycles. The van der Waals surface area contributed by atoms with E-state index in [1.54, 1.807) is 0 Å². The second-order valence-electron chi connectivity index (χ2n) is 5.62. The van der Waals surface area contributed by atoms with Crippen LogP contribution < -0.4 is 5.32 Å². The van der Waals surface area contributed by atoms with Crippen LogP contribution in [-0.4, -0.2) is 23.1 Å². The summed E-state index contributed by atoms with van der Waals surface area (Å²) in [5, 5.41) is 3.81. The number of rotatable bonds is 9. The molecule has 1 heterocycles. The average molecular weight is 257 g/mol. The molecule has 0 spiro atoms. The standard InChI is InChI=1S/C15H31NS/c1-4-6-7-8-10-14(16-12-5-2)15(3)11-9-13-17-15/h14,16H,4-13H2,1-3H3. The summed E-state index contributed by atoms with van der Waals surface area (Å²) in [7, 11) is 0. The van der Waals surface area contributed by atoms with E-state index in [2.05, 4.69) is 37.8 Å². The second kappa shape index (κ2) is 8.42. The Balaban J connectivity index is 2.36. The van der Waals surface area contributed by atoms with Crippen molar-refractivity contribution in [2.75, 3.05) is 12.3 Å². The maximum absolute atomic E-state index is 3.81. The van der Waals surface area contributed by atoms with Gasteiger partial charge in [-0.1, -0.05) is 39.5 Å². The lowest BCUT2D eigenvalue weighted by atomic mass is 9.91. The van der Waals surface area contributed by atoms with Crippen molar-refractivity contribution in [2.24, 2.45) is 0 Å². The van der Waals surface area contributed by atoms with E-state index in [1.807, 2.05) is 0 Å². The molecular weight excluding hydrogens is 226 g/mol. The molecule has 1 rings (SSSR count). The van der Waals surface area contributed by atoms with Crippen LogP contribution in [-0.2, 0) is 0 Å². The van der Waals surface area contributed by atoms with Gasteiger partial charge >= 0.3 is 0 Å². The predicted molar refractivity (Wildman–Crippen MR) is 80.9 cm³/mol. The molecule has 0 bridgehead atoms. The van der Waals surface area contributed by atoms with Crippen molar-refractivity contribution in [3.8, 4) is 0 Å². The van der Waals surface area contributed by atoms with E-state index in [0.717, 1.165) is 6.04 Å². The number of nitrogens with one attached hydrogen (secondary N) is 1. The molecule has 0 aromatic heterocycles. The van der Waals surface area contributed by atoms with Crippen LogP contribution in [0.25, 0.3) is 0 Å². The monoisotopic (exact) mass is 257 g/mol. The van der Waals surface area contributed by atoms with E-state index in [1.165, 1.54) is 63.7 Å². The van der Waals surface area contributed by atoms with Crippen molar-refractivity contribution in [1.29, 1.82) is 0 Å². The Morgan fingerprint density at radius 2 is 2.00 bits per heavy atom. The topological polar surface area (TPSA) is 12.0 Å². The minimum Gasteiger partial charge on any atom is -0.313 e. The summed E-state index contributed by atoms with van der Waals surface area (Å²) in [4.78, 5) is 0. The zero-order valence-electron chi connectivity index (χ0n) is 12.1. The molecule has 1 aliphatic heterocycles. The molecule has 0 radical (unpaired) electrons. The molecule has 1 N–H and O–H groups in total. The first-order valence-electron chi connectivity index (χ1n) is 7.60. The van der Waals surface area contributed by atoms with Gasteiger partial charge in [0.1, 0.15) is 0 Å². The summed E-state index contributed by atoms with van der Waals surface area (Å²) in [6.07, 6.45) is 11.0. The zero-order chi connectivity index (χ0) is 12.6. The first kappa shape index (κ1) is 15.4. The van der Waals surface area contributed by atoms with E-state index < -0.39 is 0 Å². The molecule has 1 aliphatic rings.